The highest BCUT2D eigenvalue weighted by Crippen LogP contribution is 2.23. The SMILES string of the molecule is CN(CC(=O)Nc1ccccc1Br)C(=O)C1CC(=O)N(Cc2ccccc2)C1. The molecule has 3 rings (SSSR count). The quantitative estimate of drug-likeness (QED) is 0.745. The number of amides is 3. The van der Waals surface area contributed by atoms with Crippen LogP contribution in [0.15, 0.2) is 59.1 Å². The van der Waals surface area contributed by atoms with Crippen LogP contribution in [0, 0.1) is 5.92 Å². The Bertz CT molecular complexity index is 872. The Labute approximate surface area is 172 Å². The summed E-state index contributed by atoms with van der Waals surface area (Å²) < 4.78 is 0.773. The van der Waals surface area contributed by atoms with Crippen molar-refractivity contribution in [3.63, 3.8) is 0 Å². The van der Waals surface area contributed by atoms with Gasteiger partial charge < -0.3 is 15.1 Å². The van der Waals surface area contributed by atoms with Crippen molar-refractivity contribution in [3.05, 3.63) is 64.6 Å². The third-order valence-corrected chi connectivity index (χ3v) is 5.38. The molecule has 1 aliphatic rings. The first-order valence-corrected chi connectivity index (χ1v) is 9.84. The molecule has 1 unspecified atom stereocenters. The number of benzene rings is 2. The molecule has 1 N–H and O–H groups in total. The van der Waals surface area contributed by atoms with Crippen LogP contribution in [0.2, 0.25) is 0 Å². The average molecular weight is 444 g/mol. The van der Waals surface area contributed by atoms with Crippen molar-refractivity contribution in [2.24, 2.45) is 5.92 Å². The topological polar surface area (TPSA) is 69.7 Å². The zero-order valence-electron chi connectivity index (χ0n) is 15.6. The minimum atomic E-state index is -0.419. The molecule has 1 heterocycles. The molecule has 0 radical (unpaired) electrons. The van der Waals surface area contributed by atoms with Crippen LogP contribution in [0.4, 0.5) is 5.69 Å². The molecule has 146 valence electrons. The number of halogens is 1. The second-order valence-corrected chi connectivity index (χ2v) is 7.74. The normalized spacial score (nSPS) is 16.1. The molecule has 1 aliphatic heterocycles. The van der Waals surface area contributed by atoms with Gasteiger partial charge in [-0.05, 0) is 33.6 Å². The Morgan fingerprint density at radius 3 is 2.54 bits per heavy atom. The number of carbonyl (C=O) groups is 3. The summed E-state index contributed by atoms with van der Waals surface area (Å²) in [6.45, 7) is 0.808. The molecular weight excluding hydrogens is 422 g/mol. The Morgan fingerprint density at radius 1 is 1.14 bits per heavy atom. The van der Waals surface area contributed by atoms with Gasteiger partial charge in [0.15, 0.2) is 0 Å². The molecule has 3 amide bonds. The Hall–Kier alpha value is -2.67. The number of nitrogens with one attached hydrogen (secondary N) is 1. The molecule has 2 aromatic rings. The zero-order chi connectivity index (χ0) is 20.1. The van der Waals surface area contributed by atoms with Gasteiger partial charge >= 0.3 is 0 Å². The van der Waals surface area contributed by atoms with Gasteiger partial charge in [-0.3, -0.25) is 14.4 Å². The number of likely N-dealkylation sites (N-methyl/N-ethyl adjacent to an activating group) is 1. The lowest BCUT2D eigenvalue weighted by Crippen LogP contribution is -2.39. The summed E-state index contributed by atoms with van der Waals surface area (Å²) in [4.78, 5) is 40.3. The van der Waals surface area contributed by atoms with Crippen LogP contribution in [0.25, 0.3) is 0 Å². The van der Waals surface area contributed by atoms with E-state index < -0.39 is 5.92 Å². The van der Waals surface area contributed by atoms with Crippen LogP contribution in [0.5, 0.6) is 0 Å². The van der Waals surface area contributed by atoms with Crippen molar-refractivity contribution in [2.75, 3.05) is 25.5 Å². The molecule has 1 fully saturated rings. The lowest BCUT2D eigenvalue weighted by atomic mass is 10.1. The van der Waals surface area contributed by atoms with E-state index in [0.717, 1.165) is 10.0 Å². The molecule has 28 heavy (non-hydrogen) atoms. The van der Waals surface area contributed by atoms with Crippen molar-refractivity contribution >= 4 is 39.3 Å². The third-order valence-electron chi connectivity index (χ3n) is 4.68. The van der Waals surface area contributed by atoms with E-state index in [9.17, 15) is 14.4 Å². The van der Waals surface area contributed by atoms with Crippen LogP contribution in [0.1, 0.15) is 12.0 Å². The fourth-order valence-electron chi connectivity index (χ4n) is 3.25. The molecular formula is C21H22BrN3O3. The molecule has 6 nitrogen and oxygen atoms in total. The van der Waals surface area contributed by atoms with Crippen LogP contribution < -0.4 is 5.32 Å². The number of anilines is 1. The molecule has 0 bridgehead atoms. The molecule has 2 aromatic carbocycles. The average Bonchev–Trinajstić information content (AvgIpc) is 3.04. The van der Waals surface area contributed by atoms with E-state index in [4.69, 9.17) is 0 Å². The van der Waals surface area contributed by atoms with Gasteiger partial charge in [0, 0.05) is 31.0 Å². The Balaban J connectivity index is 1.54. The molecule has 7 heteroatoms. The summed E-state index contributed by atoms with van der Waals surface area (Å²) in [5, 5.41) is 2.78. The lowest BCUT2D eigenvalue weighted by Gasteiger charge is -2.21. The second-order valence-electron chi connectivity index (χ2n) is 6.88. The first kappa shape index (κ1) is 20.1. The summed E-state index contributed by atoms with van der Waals surface area (Å²) in [5.74, 6) is -0.926. The highest BCUT2D eigenvalue weighted by atomic mass is 79.9. The molecule has 0 saturated carbocycles. The summed E-state index contributed by atoms with van der Waals surface area (Å²) >= 11 is 3.38. The van der Waals surface area contributed by atoms with Gasteiger partial charge in [0.2, 0.25) is 17.7 Å². The van der Waals surface area contributed by atoms with Crippen molar-refractivity contribution in [1.82, 2.24) is 9.80 Å². The number of hydrogen-bond acceptors (Lipinski definition) is 3. The van der Waals surface area contributed by atoms with Gasteiger partial charge in [-0.15, -0.1) is 0 Å². The van der Waals surface area contributed by atoms with Gasteiger partial charge in [-0.2, -0.15) is 0 Å². The maximum absolute atomic E-state index is 12.7. The van der Waals surface area contributed by atoms with Crippen molar-refractivity contribution in [3.8, 4) is 0 Å². The van der Waals surface area contributed by atoms with Crippen molar-refractivity contribution in [1.29, 1.82) is 0 Å². The van der Waals surface area contributed by atoms with Crippen molar-refractivity contribution < 1.29 is 14.4 Å². The molecule has 1 atom stereocenters. The summed E-state index contributed by atoms with van der Waals surface area (Å²) in [7, 11) is 1.59. The van der Waals surface area contributed by atoms with E-state index in [1.165, 1.54) is 4.90 Å². The largest absolute Gasteiger partial charge is 0.338 e. The van der Waals surface area contributed by atoms with Gasteiger partial charge in [-0.25, -0.2) is 0 Å². The fraction of sp³-hybridized carbons (Fsp3) is 0.286. The summed E-state index contributed by atoms with van der Waals surface area (Å²) in [5.41, 5.74) is 1.68. The number of hydrogen-bond donors (Lipinski definition) is 1. The lowest BCUT2D eigenvalue weighted by molar-refractivity contribution is -0.137. The predicted octanol–water partition coefficient (Wildman–Crippen LogP) is 2.89. The number of likely N-dealkylation sites (tertiary alicyclic amines) is 1. The van der Waals surface area contributed by atoms with Crippen LogP contribution in [-0.2, 0) is 20.9 Å². The molecule has 0 aromatic heterocycles. The summed E-state index contributed by atoms with van der Waals surface area (Å²) in [6, 6.07) is 17.0. The fourth-order valence-corrected chi connectivity index (χ4v) is 3.64. The van der Waals surface area contributed by atoms with Gasteiger partial charge in [-0.1, -0.05) is 42.5 Å². The van der Waals surface area contributed by atoms with E-state index in [1.807, 2.05) is 48.5 Å². The van der Waals surface area contributed by atoms with Crippen LogP contribution >= 0.6 is 15.9 Å². The molecule has 1 saturated heterocycles. The Kier molecular flexibility index (Phi) is 6.46. The van der Waals surface area contributed by atoms with E-state index in [-0.39, 0.29) is 30.7 Å². The zero-order valence-corrected chi connectivity index (χ0v) is 17.2. The number of nitrogens with zero attached hydrogens (tertiary/aromatic N) is 2. The van der Waals surface area contributed by atoms with E-state index in [0.29, 0.717) is 18.8 Å². The maximum atomic E-state index is 12.7. The van der Waals surface area contributed by atoms with Gasteiger partial charge in [0.1, 0.15) is 0 Å². The minimum Gasteiger partial charge on any atom is -0.338 e. The Morgan fingerprint density at radius 2 is 1.82 bits per heavy atom. The monoisotopic (exact) mass is 443 g/mol. The standard InChI is InChI=1S/C21H22BrN3O3/c1-24(14-19(26)23-18-10-6-5-9-17(18)22)21(28)16-11-20(27)25(13-16)12-15-7-3-2-4-8-15/h2-10,16H,11-14H2,1H3,(H,23,26). The second kappa shape index (κ2) is 9.01. The highest BCUT2D eigenvalue weighted by Gasteiger charge is 2.36. The smallest absolute Gasteiger partial charge is 0.244 e. The maximum Gasteiger partial charge on any atom is 0.244 e. The highest BCUT2D eigenvalue weighted by molar-refractivity contribution is 9.10. The number of carbonyl (C=O) groups excluding carboxylic acids is 3. The van der Waals surface area contributed by atoms with E-state index in [2.05, 4.69) is 21.2 Å². The summed E-state index contributed by atoms with van der Waals surface area (Å²) in [6.07, 6.45) is 0.182. The van der Waals surface area contributed by atoms with E-state index in [1.54, 1.807) is 18.0 Å². The predicted molar refractivity (Wildman–Crippen MR) is 110 cm³/mol. The van der Waals surface area contributed by atoms with Crippen LogP contribution in [0.3, 0.4) is 0 Å². The van der Waals surface area contributed by atoms with Crippen LogP contribution in [-0.4, -0.2) is 47.7 Å². The first-order valence-electron chi connectivity index (χ1n) is 9.05. The number of rotatable bonds is 6. The van der Waals surface area contributed by atoms with E-state index >= 15 is 0 Å². The van der Waals surface area contributed by atoms with Crippen molar-refractivity contribution in [2.45, 2.75) is 13.0 Å². The molecule has 0 spiro atoms. The third kappa shape index (κ3) is 4.98. The van der Waals surface area contributed by atoms with Gasteiger partial charge in [0.05, 0.1) is 18.2 Å². The van der Waals surface area contributed by atoms with Gasteiger partial charge in [0.25, 0.3) is 0 Å². The number of para-hydroxylation sites is 1. The molecule has 0 aliphatic carbocycles. The first-order chi connectivity index (χ1) is 13.4. The minimum absolute atomic E-state index is 0.0340.